The zero-order valence-electron chi connectivity index (χ0n) is 18.2. The maximum Gasteiger partial charge on any atom is 0.242 e. The standard InChI is InChI=1S/C23H29Cl2N3O3/c1-4-5-19(14-21(31-3)16(2)24)26-8-10-27(11-9-26)23(30)15-28-20-7-6-18(25)12-17(20)13-22(28)29/h5-7,12,14,16H,4,8-11,13,15H2,1-3H3/b19-5?,21-14+. The van der Waals surface area contributed by atoms with Gasteiger partial charge in [-0.1, -0.05) is 24.6 Å². The van der Waals surface area contributed by atoms with Gasteiger partial charge >= 0.3 is 0 Å². The first-order valence-electron chi connectivity index (χ1n) is 10.5. The van der Waals surface area contributed by atoms with E-state index in [2.05, 4.69) is 17.9 Å². The molecule has 1 fully saturated rings. The Hall–Kier alpha value is -2.18. The van der Waals surface area contributed by atoms with Crippen LogP contribution in [-0.4, -0.2) is 66.8 Å². The monoisotopic (exact) mass is 465 g/mol. The normalized spacial score (nSPS) is 18.4. The van der Waals surface area contributed by atoms with Crippen LogP contribution in [0, 0.1) is 0 Å². The van der Waals surface area contributed by atoms with Gasteiger partial charge in [0, 0.05) is 48.7 Å². The van der Waals surface area contributed by atoms with Gasteiger partial charge in [0.2, 0.25) is 11.8 Å². The zero-order valence-corrected chi connectivity index (χ0v) is 19.7. The van der Waals surface area contributed by atoms with E-state index in [0.717, 1.165) is 23.4 Å². The van der Waals surface area contributed by atoms with Crippen LogP contribution in [0.2, 0.25) is 5.02 Å². The van der Waals surface area contributed by atoms with E-state index in [4.69, 9.17) is 27.9 Å². The summed E-state index contributed by atoms with van der Waals surface area (Å²) in [5.74, 6) is 0.607. The molecule has 2 aliphatic rings. The van der Waals surface area contributed by atoms with Gasteiger partial charge < -0.3 is 19.4 Å². The fourth-order valence-corrected chi connectivity index (χ4v) is 4.29. The molecule has 168 valence electrons. The number of allylic oxidation sites excluding steroid dienone is 3. The van der Waals surface area contributed by atoms with Crippen molar-refractivity contribution in [3.63, 3.8) is 0 Å². The van der Waals surface area contributed by atoms with Crippen LogP contribution in [0.1, 0.15) is 25.8 Å². The first-order chi connectivity index (χ1) is 14.8. The van der Waals surface area contributed by atoms with E-state index in [1.165, 1.54) is 0 Å². The topological polar surface area (TPSA) is 53.1 Å². The molecule has 1 atom stereocenters. The summed E-state index contributed by atoms with van der Waals surface area (Å²) in [6.07, 6.45) is 5.29. The Morgan fingerprint density at radius 1 is 1.23 bits per heavy atom. The van der Waals surface area contributed by atoms with Crippen LogP contribution in [0.4, 0.5) is 5.69 Å². The number of nitrogens with zero attached hydrogens (tertiary/aromatic N) is 3. The third-order valence-corrected chi connectivity index (χ3v) is 6.05. The minimum Gasteiger partial charge on any atom is -0.499 e. The van der Waals surface area contributed by atoms with Crippen LogP contribution < -0.4 is 4.90 Å². The molecule has 0 radical (unpaired) electrons. The average Bonchev–Trinajstić information content (AvgIpc) is 3.05. The third-order valence-electron chi connectivity index (χ3n) is 5.60. The molecule has 1 aromatic carbocycles. The van der Waals surface area contributed by atoms with Gasteiger partial charge in [-0.05, 0) is 37.1 Å². The highest BCUT2D eigenvalue weighted by Gasteiger charge is 2.31. The second-order valence-corrected chi connectivity index (χ2v) is 8.79. The number of hydrogen-bond acceptors (Lipinski definition) is 4. The number of ether oxygens (including phenoxy) is 1. The molecule has 2 aliphatic heterocycles. The Balaban J connectivity index is 1.62. The molecular weight excluding hydrogens is 437 g/mol. The lowest BCUT2D eigenvalue weighted by molar-refractivity contribution is -0.132. The van der Waals surface area contributed by atoms with E-state index in [1.807, 2.05) is 24.0 Å². The van der Waals surface area contributed by atoms with Gasteiger partial charge in [0.1, 0.15) is 12.3 Å². The van der Waals surface area contributed by atoms with Crippen LogP contribution in [-0.2, 0) is 20.7 Å². The van der Waals surface area contributed by atoms with Crippen LogP contribution in [0.5, 0.6) is 0 Å². The predicted octanol–water partition coefficient (Wildman–Crippen LogP) is 3.82. The van der Waals surface area contributed by atoms with Crippen molar-refractivity contribution in [1.82, 2.24) is 9.80 Å². The number of piperazine rings is 1. The number of methoxy groups -OCH3 is 1. The minimum absolute atomic E-state index is 0.0423. The quantitative estimate of drug-likeness (QED) is 0.348. The molecule has 1 unspecified atom stereocenters. The van der Waals surface area contributed by atoms with E-state index in [9.17, 15) is 9.59 Å². The van der Waals surface area contributed by atoms with Crippen molar-refractivity contribution in [3.05, 3.63) is 52.4 Å². The molecule has 3 rings (SSSR count). The molecular formula is C23H29Cl2N3O3. The Kier molecular flexibility index (Phi) is 7.89. The summed E-state index contributed by atoms with van der Waals surface area (Å²) >= 11 is 12.2. The number of amides is 2. The molecule has 0 N–H and O–H groups in total. The maximum atomic E-state index is 12.9. The van der Waals surface area contributed by atoms with Crippen molar-refractivity contribution >= 4 is 40.7 Å². The predicted molar refractivity (Wildman–Crippen MR) is 124 cm³/mol. The Morgan fingerprint density at radius 2 is 1.90 bits per heavy atom. The molecule has 2 amide bonds. The molecule has 2 heterocycles. The number of alkyl halides is 1. The molecule has 0 spiro atoms. The summed E-state index contributed by atoms with van der Waals surface area (Å²) in [6, 6.07) is 5.36. The molecule has 31 heavy (non-hydrogen) atoms. The summed E-state index contributed by atoms with van der Waals surface area (Å²) in [7, 11) is 1.62. The van der Waals surface area contributed by atoms with Crippen molar-refractivity contribution < 1.29 is 14.3 Å². The number of benzene rings is 1. The van der Waals surface area contributed by atoms with Crippen molar-refractivity contribution in [1.29, 1.82) is 0 Å². The van der Waals surface area contributed by atoms with Crippen LogP contribution >= 0.6 is 23.2 Å². The number of anilines is 1. The largest absolute Gasteiger partial charge is 0.499 e. The van der Waals surface area contributed by atoms with Crippen LogP contribution in [0.25, 0.3) is 0 Å². The fraction of sp³-hybridized carbons (Fsp3) is 0.478. The second-order valence-electron chi connectivity index (χ2n) is 7.70. The van der Waals surface area contributed by atoms with E-state index in [1.54, 1.807) is 24.1 Å². The molecule has 8 heteroatoms. The van der Waals surface area contributed by atoms with Gasteiger partial charge in [0.15, 0.2) is 0 Å². The molecule has 0 saturated carbocycles. The van der Waals surface area contributed by atoms with Crippen molar-refractivity contribution in [3.8, 4) is 0 Å². The number of hydrogen-bond donors (Lipinski definition) is 0. The molecule has 0 aliphatic carbocycles. The number of carbonyl (C=O) groups excluding carboxylic acids is 2. The Labute approximate surface area is 194 Å². The maximum absolute atomic E-state index is 12.9. The van der Waals surface area contributed by atoms with Crippen molar-refractivity contribution in [2.45, 2.75) is 32.1 Å². The smallest absolute Gasteiger partial charge is 0.242 e. The molecule has 0 bridgehead atoms. The van der Waals surface area contributed by atoms with Gasteiger partial charge in [-0.2, -0.15) is 0 Å². The first-order valence-corrected chi connectivity index (χ1v) is 11.4. The van der Waals surface area contributed by atoms with Gasteiger partial charge in [-0.25, -0.2) is 0 Å². The van der Waals surface area contributed by atoms with Gasteiger partial charge in [0.05, 0.1) is 18.9 Å². The summed E-state index contributed by atoms with van der Waals surface area (Å²) in [4.78, 5) is 31.0. The molecule has 6 nitrogen and oxygen atoms in total. The van der Waals surface area contributed by atoms with Gasteiger partial charge in [0.25, 0.3) is 0 Å². The van der Waals surface area contributed by atoms with E-state index in [-0.39, 0.29) is 30.2 Å². The Morgan fingerprint density at radius 3 is 2.52 bits per heavy atom. The fourth-order valence-electron chi connectivity index (χ4n) is 3.94. The molecule has 0 aromatic heterocycles. The van der Waals surface area contributed by atoms with Crippen molar-refractivity contribution in [2.75, 3.05) is 44.7 Å². The first kappa shape index (κ1) is 23.5. The molecule has 1 saturated heterocycles. The van der Waals surface area contributed by atoms with Crippen LogP contribution in [0.3, 0.4) is 0 Å². The second kappa shape index (κ2) is 10.4. The highest BCUT2D eigenvalue weighted by molar-refractivity contribution is 6.31. The number of fused-ring (bicyclic) bond motifs is 1. The number of carbonyl (C=O) groups is 2. The minimum atomic E-state index is -0.219. The summed E-state index contributed by atoms with van der Waals surface area (Å²) < 4.78 is 5.41. The van der Waals surface area contributed by atoms with E-state index >= 15 is 0 Å². The van der Waals surface area contributed by atoms with Crippen molar-refractivity contribution in [2.24, 2.45) is 0 Å². The summed E-state index contributed by atoms with van der Waals surface area (Å²) in [5.41, 5.74) is 2.71. The lowest BCUT2D eigenvalue weighted by Crippen LogP contribution is -2.51. The zero-order chi connectivity index (χ0) is 22.5. The van der Waals surface area contributed by atoms with E-state index < -0.39 is 0 Å². The van der Waals surface area contributed by atoms with Gasteiger partial charge in [-0.3, -0.25) is 9.59 Å². The molecule has 1 aromatic rings. The highest BCUT2D eigenvalue weighted by Crippen LogP contribution is 2.31. The number of halogens is 2. The Bertz CT molecular complexity index is 890. The highest BCUT2D eigenvalue weighted by atomic mass is 35.5. The SMILES string of the molecule is CCC=C(/C=C(/OC)C(C)Cl)N1CCN(C(=O)CN2C(=O)Cc3cc(Cl)ccc32)CC1. The summed E-state index contributed by atoms with van der Waals surface area (Å²) in [5, 5.41) is 0.380. The average molecular weight is 466 g/mol. The van der Waals surface area contributed by atoms with Crippen LogP contribution in [0.15, 0.2) is 41.8 Å². The number of rotatable bonds is 7. The third kappa shape index (κ3) is 5.55. The summed E-state index contributed by atoms with van der Waals surface area (Å²) in [6.45, 7) is 6.64. The van der Waals surface area contributed by atoms with Gasteiger partial charge in [-0.15, -0.1) is 11.6 Å². The lowest BCUT2D eigenvalue weighted by atomic mass is 10.2. The van der Waals surface area contributed by atoms with E-state index in [0.29, 0.717) is 37.0 Å². The lowest BCUT2D eigenvalue weighted by Gasteiger charge is -2.37.